The molecular weight excluding hydrogens is 264 g/mol. The minimum atomic E-state index is -4.48. The van der Waals surface area contributed by atoms with Gasteiger partial charge in [-0.1, -0.05) is 11.6 Å². The van der Waals surface area contributed by atoms with Crippen LogP contribution in [0.25, 0.3) is 0 Å². The Balaban J connectivity index is 2.53. The van der Waals surface area contributed by atoms with Crippen molar-refractivity contribution in [3.8, 4) is 5.75 Å². The molecule has 0 aliphatic rings. The van der Waals surface area contributed by atoms with Crippen molar-refractivity contribution < 1.29 is 27.4 Å². The first kappa shape index (κ1) is 14.1. The largest absolute Gasteiger partial charge is 0.489 e. The monoisotopic (exact) mass is 272 g/mol. The lowest BCUT2D eigenvalue weighted by Gasteiger charge is -2.14. The number of rotatable bonds is 4. The molecule has 2 nitrogen and oxygen atoms in total. The molecule has 0 amide bonds. The van der Waals surface area contributed by atoms with Gasteiger partial charge in [-0.25, -0.2) is 4.39 Å². The molecule has 0 heterocycles. The maximum absolute atomic E-state index is 12.8. The number of aliphatic hydroxyl groups excluding tert-OH is 1. The second kappa shape index (κ2) is 5.55. The van der Waals surface area contributed by atoms with Gasteiger partial charge in [0, 0.05) is 6.07 Å². The Morgan fingerprint density at radius 1 is 1.35 bits per heavy atom. The summed E-state index contributed by atoms with van der Waals surface area (Å²) in [6.45, 7) is -0.608. The first-order valence-corrected chi connectivity index (χ1v) is 4.98. The second-order valence-corrected chi connectivity index (χ2v) is 3.77. The lowest BCUT2D eigenvalue weighted by atomic mass is 10.2. The first-order chi connectivity index (χ1) is 7.78. The van der Waals surface area contributed by atoms with Gasteiger partial charge in [-0.15, -0.1) is 0 Å². The Kier molecular flexibility index (Phi) is 4.59. The van der Waals surface area contributed by atoms with Gasteiger partial charge in [-0.3, -0.25) is 0 Å². The molecular formula is C10H9ClF4O2. The molecule has 1 aromatic carbocycles. The third kappa shape index (κ3) is 5.23. The quantitative estimate of drug-likeness (QED) is 0.853. The van der Waals surface area contributed by atoms with Crippen molar-refractivity contribution in [2.24, 2.45) is 0 Å². The molecule has 1 unspecified atom stereocenters. The number of halogens is 5. The van der Waals surface area contributed by atoms with E-state index < -0.39 is 31.1 Å². The van der Waals surface area contributed by atoms with Crippen LogP contribution in [0.2, 0.25) is 5.02 Å². The van der Waals surface area contributed by atoms with Gasteiger partial charge >= 0.3 is 6.18 Å². The average molecular weight is 273 g/mol. The van der Waals surface area contributed by atoms with Crippen LogP contribution in [0.1, 0.15) is 6.42 Å². The number of ether oxygens (including phenoxy) is 1. The van der Waals surface area contributed by atoms with Crippen LogP contribution in [0.3, 0.4) is 0 Å². The van der Waals surface area contributed by atoms with Gasteiger partial charge in [0.2, 0.25) is 0 Å². The van der Waals surface area contributed by atoms with Crippen molar-refractivity contribution >= 4 is 11.6 Å². The maximum Gasteiger partial charge on any atom is 0.391 e. The highest BCUT2D eigenvalue weighted by molar-refractivity contribution is 6.32. The molecule has 0 aliphatic heterocycles. The van der Waals surface area contributed by atoms with Gasteiger partial charge < -0.3 is 9.84 Å². The zero-order valence-corrected chi connectivity index (χ0v) is 9.22. The van der Waals surface area contributed by atoms with Crippen molar-refractivity contribution in [1.82, 2.24) is 0 Å². The summed E-state index contributed by atoms with van der Waals surface area (Å²) in [6.07, 6.45) is -7.58. The minimum absolute atomic E-state index is 0.0607. The third-order valence-corrected chi connectivity index (χ3v) is 2.10. The summed E-state index contributed by atoms with van der Waals surface area (Å²) < 4.78 is 53.2. The number of aliphatic hydroxyl groups is 1. The van der Waals surface area contributed by atoms with Crippen LogP contribution < -0.4 is 4.74 Å². The van der Waals surface area contributed by atoms with Crippen molar-refractivity contribution in [3.63, 3.8) is 0 Å². The van der Waals surface area contributed by atoms with Gasteiger partial charge in [0.05, 0.1) is 17.5 Å². The molecule has 0 aliphatic carbocycles. The summed E-state index contributed by atoms with van der Waals surface area (Å²) >= 11 is 5.62. The van der Waals surface area contributed by atoms with Crippen LogP contribution in [-0.2, 0) is 0 Å². The molecule has 7 heteroatoms. The van der Waals surface area contributed by atoms with E-state index in [1.807, 2.05) is 0 Å². The molecule has 1 N–H and O–H groups in total. The third-order valence-electron chi connectivity index (χ3n) is 1.79. The number of hydrogen-bond acceptors (Lipinski definition) is 2. The van der Waals surface area contributed by atoms with E-state index in [1.54, 1.807) is 0 Å². The number of benzene rings is 1. The summed E-state index contributed by atoms with van der Waals surface area (Å²) in [5.74, 6) is -0.734. The van der Waals surface area contributed by atoms with Crippen molar-refractivity contribution in [2.75, 3.05) is 6.61 Å². The molecule has 0 spiro atoms. The second-order valence-electron chi connectivity index (χ2n) is 3.36. The van der Waals surface area contributed by atoms with E-state index in [-0.39, 0.29) is 10.8 Å². The van der Waals surface area contributed by atoms with Gasteiger partial charge in [-0.2, -0.15) is 13.2 Å². The summed E-state index contributed by atoms with van der Waals surface area (Å²) in [4.78, 5) is 0. The van der Waals surface area contributed by atoms with E-state index in [0.29, 0.717) is 0 Å². The van der Waals surface area contributed by atoms with Crippen LogP contribution in [0, 0.1) is 5.82 Å². The summed E-state index contributed by atoms with van der Waals surface area (Å²) in [7, 11) is 0. The predicted octanol–water partition coefficient (Wildman–Crippen LogP) is 3.17. The first-order valence-electron chi connectivity index (χ1n) is 4.60. The molecule has 0 saturated carbocycles. The highest BCUT2D eigenvalue weighted by atomic mass is 35.5. The average Bonchev–Trinajstić information content (AvgIpc) is 2.17. The van der Waals surface area contributed by atoms with Crippen LogP contribution >= 0.6 is 11.6 Å². The van der Waals surface area contributed by atoms with Crippen LogP contribution in [-0.4, -0.2) is 24.0 Å². The summed E-state index contributed by atoms with van der Waals surface area (Å²) in [6, 6.07) is 3.23. The van der Waals surface area contributed by atoms with E-state index >= 15 is 0 Å². The van der Waals surface area contributed by atoms with Crippen molar-refractivity contribution in [3.05, 3.63) is 29.0 Å². The molecule has 0 bridgehead atoms. The van der Waals surface area contributed by atoms with Gasteiger partial charge in [0.15, 0.2) is 0 Å². The van der Waals surface area contributed by atoms with Gasteiger partial charge in [0.25, 0.3) is 0 Å². The van der Waals surface area contributed by atoms with E-state index in [2.05, 4.69) is 0 Å². The van der Waals surface area contributed by atoms with Crippen molar-refractivity contribution in [2.45, 2.75) is 18.7 Å². The zero-order chi connectivity index (χ0) is 13.1. The molecule has 17 heavy (non-hydrogen) atoms. The lowest BCUT2D eigenvalue weighted by molar-refractivity contribution is -0.156. The minimum Gasteiger partial charge on any atom is -0.489 e. The molecule has 0 radical (unpaired) electrons. The highest BCUT2D eigenvalue weighted by Crippen LogP contribution is 2.26. The summed E-state index contributed by atoms with van der Waals surface area (Å²) in [5, 5.41) is 9.09. The zero-order valence-electron chi connectivity index (χ0n) is 8.47. The Morgan fingerprint density at radius 3 is 2.59 bits per heavy atom. The van der Waals surface area contributed by atoms with Crippen LogP contribution in [0.15, 0.2) is 18.2 Å². The van der Waals surface area contributed by atoms with Crippen LogP contribution in [0.4, 0.5) is 17.6 Å². The summed E-state index contributed by atoms with van der Waals surface area (Å²) in [5.41, 5.74) is 0. The van der Waals surface area contributed by atoms with E-state index in [0.717, 1.165) is 12.1 Å². The Bertz CT molecular complexity index is 381. The predicted molar refractivity (Wildman–Crippen MR) is 53.6 cm³/mol. The molecule has 0 saturated heterocycles. The standard InChI is InChI=1S/C10H9ClF4O2/c11-8-2-1-6(12)3-9(8)17-5-7(16)4-10(13,14)15/h1-3,7,16H,4-5H2. The number of alkyl halides is 3. The smallest absolute Gasteiger partial charge is 0.391 e. The fraction of sp³-hybridized carbons (Fsp3) is 0.400. The van der Waals surface area contributed by atoms with Crippen molar-refractivity contribution in [1.29, 1.82) is 0 Å². The Hall–Kier alpha value is -1.01. The molecule has 1 atom stereocenters. The van der Waals surface area contributed by atoms with Gasteiger partial charge in [0.1, 0.15) is 18.2 Å². The fourth-order valence-electron chi connectivity index (χ4n) is 1.10. The highest BCUT2D eigenvalue weighted by Gasteiger charge is 2.31. The molecule has 0 fully saturated rings. The maximum atomic E-state index is 12.8. The van der Waals surface area contributed by atoms with E-state index in [1.165, 1.54) is 6.07 Å². The molecule has 96 valence electrons. The normalized spacial score (nSPS) is 13.5. The SMILES string of the molecule is OC(COc1cc(F)ccc1Cl)CC(F)(F)F. The number of hydrogen-bond donors (Lipinski definition) is 1. The Morgan fingerprint density at radius 2 is 2.00 bits per heavy atom. The van der Waals surface area contributed by atoms with E-state index in [4.69, 9.17) is 21.4 Å². The Labute approximate surface area is 99.8 Å². The topological polar surface area (TPSA) is 29.5 Å². The van der Waals surface area contributed by atoms with Gasteiger partial charge in [-0.05, 0) is 12.1 Å². The lowest BCUT2D eigenvalue weighted by Crippen LogP contribution is -2.25. The van der Waals surface area contributed by atoms with E-state index in [9.17, 15) is 17.6 Å². The van der Waals surface area contributed by atoms with Crippen LogP contribution in [0.5, 0.6) is 5.75 Å². The molecule has 0 aromatic heterocycles. The fourth-order valence-corrected chi connectivity index (χ4v) is 1.27. The molecule has 1 rings (SSSR count). The molecule has 1 aromatic rings.